The number of nitrogens with zero attached hydrogens (tertiary/aromatic N) is 2. The van der Waals surface area contributed by atoms with E-state index in [-0.39, 0.29) is 17.6 Å². The van der Waals surface area contributed by atoms with Crippen LogP contribution in [0.1, 0.15) is 33.6 Å². The van der Waals surface area contributed by atoms with E-state index in [1.165, 1.54) is 13.2 Å². The van der Waals surface area contributed by atoms with E-state index in [0.717, 1.165) is 0 Å². The van der Waals surface area contributed by atoms with Gasteiger partial charge in [-0.1, -0.05) is 35.9 Å². The number of aromatic nitrogens is 1. The number of para-hydroxylation sites is 1. The molecule has 0 radical (unpaired) electrons. The zero-order valence-corrected chi connectivity index (χ0v) is 17.4. The van der Waals surface area contributed by atoms with E-state index in [9.17, 15) is 14.0 Å². The Morgan fingerprint density at radius 2 is 1.87 bits per heavy atom. The standard InChI is InChI=1S/C23H22ClFN2O3/c1-30-23(29)17-14-27(21-8-3-2-5-16(17)21)22(28)15-9-11-26(12-10-15)13-18-19(24)6-4-7-20(18)25/h2-8,14-15H,9-13H2,1H3. The number of piperidine rings is 1. The summed E-state index contributed by atoms with van der Waals surface area (Å²) in [5, 5.41) is 1.12. The van der Waals surface area contributed by atoms with E-state index < -0.39 is 5.97 Å². The molecule has 7 heteroatoms. The van der Waals surface area contributed by atoms with Crippen LogP contribution in [0.5, 0.6) is 0 Å². The summed E-state index contributed by atoms with van der Waals surface area (Å²) in [5.74, 6) is -0.979. The van der Waals surface area contributed by atoms with Crippen LogP contribution in [-0.4, -0.2) is 41.5 Å². The Hall–Kier alpha value is -2.70. The lowest BCUT2D eigenvalue weighted by Crippen LogP contribution is -2.37. The van der Waals surface area contributed by atoms with Crippen molar-refractivity contribution < 1.29 is 18.7 Å². The van der Waals surface area contributed by atoms with E-state index >= 15 is 0 Å². The Morgan fingerprint density at radius 3 is 2.57 bits per heavy atom. The van der Waals surface area contributed by atoms with Crippen LogP contribution in [0.15, 0.2) is 48.7 Å². The zero-order valence-electron chi connectivity index (χ0n) is 16.6. The number of carbonyl (C=O) groups is 2. The zero-order chi connectivity index (χ0) is 21.3. The number of hydrogen-bond acceptors (Lipinski definition) is 4. The first-order valence-electron chi connectivity index (χ1n) is 9.87. The van der Waals surface area contributed by atoms with Gasteiger partial charge in [0, 0.05) is 34.6 Å². The van der Waals surface area contributed by atoms with Crippen molar-refractivity contribution in [3.63, 3.8) is 0 Å². The van der Waals surface area contributed by atoms with Crippen LogP contribution in [0.25, 0.3) is 10.9 Å². The predicted molar refractivity (Wildman–Crippen MR) is 113 cm³/mol. The smallest absolute Gasteiger partial charge is 0.340 e. The van der Waals surface area contributed by atoms with Gasteiger partial charge in [-0.2, -0.15) is 0 Å². The summed E-state index contributed by atoms with van der Waals surface area (Å²) in [6.07, 6.45) is 2.89. The first-order valence-corrected chi connectivity index (χ1v) is 10.2. The topological polar surface area (TPSA) is 51.5 Å². The molecular weight excluding hydrogens is 407 g/mol. The Morgan fingerprint density at radius 1 is 1.13 bits per heavy atom. The monoisotopic (exact) mass is 428 g/mol. The highest BCUT2D eigenvalue weighted by Gasteiger charge is 2.28. The van der Waals surface area contributed by atoms with Crippen LogP contribution in [0.2, 0.25) is 5.02 Å². The second kappa shape index (κ2) is 8.58. The van der Waals surface area contributed by atoms with Gasteiger partial charge < -0.3 is 4.74 Å². The first-order chi connectivity index (χ1) is 14.5. The molecule has 4 rings (SSSR count). The number of esters is 1. The van der Waals surface area contributed by atoms with Crippen LogP contribution in [0.4, 0.5) is 4.39 Å². The second-order valence-electron chi connectivity index (χ2n) is 7.51. The van der Waals surface area contributed by atoms with Gasteiger partial charge in [-0.05, 0) is 44.1 Å². The van der Waals surface area contributed by atoms with Gasteiger partial charge in [-0.15, -0.1) is 0 Å². The molecule has 1 aliphatic rings. The maximum atomic E-state index is 14.1. The summed E-state index contributed by atoms with van der Waals surface area (Å²) < 4.78 is 20.5. The molecule has 1 saturated heterocycles. The van der Waals surface area contributed by atoms with Crippen molar-refractivity contribution in [2.75, 3.05) is 20.2 Å². The third kappa shape index (κ3) is 3.85. The molecule has 30 heavy (non-hydrogen) atoms. The SMILES string of the molecule is COC(=O)c1cn(C(=O)C2CCN(Cc3c(F)cccc3Cl)CC2)c2ccccc12. The number of benzene rings is 2. The predicted octanol–water partition coefficient (Wildman–Crippen LogP) is 4.77. The molecule has 1 aliphatic heterocycles. The third-order valence-corrected chi connectivity index (χ3v) is 6.09. The molecule has 5 nitrogen and oxygen atoms in total. The quantitative estimate of drug-likeness (QED) is 0.561. The van der Waals surface area contributed by atoms with Crippen LogP contribution in [0, 0.1) is 11.7 Å². The van der Waals surface area contributed by atoms with Gasteiger partial charge in [0.25, 0.3) is 0 Å². The lowest BCUT2D eigenvalue weighted by Gasteiger charge is -2.31. The molecule has 0 atom stereocenters. The summed E-state index contributed by atoms with van der Waals surface area (Å²) in [6, 6.07) is 12.0. The highest BCUT2D eigenvalue weighted by Crippen LogP contribution is 2.28. The highest BCUT2D eigenvalue weighted by atomic mass is 35.5. The highest BCUT2D eigenvalue weighted by molar-refractivity contribution is 6.31. The molecule has 2 heterocycles. The van der Waals surface area contributed by atoms with Gasteiger partial charge in [0.05, 0.1) is 18.2 Å². The van der Waals surface area contributed by atoms with Gasteiger partial charge in [-0.3, -0.25) is 14.3 Å². The molecule has 0 spiro atoms. The molecule has 2 aromatic carbocycles. The fourth-order valence-electron chi connectivity index (χ4n) is 4.08. The summed E-state index contributed by atoms with van der Waals surface area (Å²) in [4.78, 5) is 27.5. The fraction of sp³-hybridized carbons (Fsp3) is 0.304. The molecule has 1 aromatic heterocycles. The Bertz CT molecular complexity index is 1080. The fourth-order valence-corrected chi connectivity index (χ4v) is 4.30. The number of halogens is 2. The largest absolute Gasteiger partial charge is 0.465 e. The van der Waals surface area contributed by atoms with Gasteiger partial charge in [-0.25, -0.2) is 9.18 Å². The van der Waals surface area contributed by atoms with Gasteiger partial charge in [0.2, 0.25) is 5.91 Å². The van der Waals surface area contributed by atoms with Crippen LogP contribution >= 0.6 is 11.6 Å². The van der Waals surface area contributed by atoms with E-state index in [1.807, 2.05) is 24.3 Å². The van der Waals surface area contributed by atoms with Crippen molar-refractivity contribution in [2.45, 2.75) is 19.4 Å². The minimum absolute atomic E-state index is 0.0371. The van der Waals surface area contributed by atoms with Crippen molar-refractivity contribution in [3.05, 3.63) is 70.6 Å². The van der Waals surface area contributed by atoms with Crippen LogP contribution in [0.3, 0.4) is 0 Å². The van der Waals surface area contributed by atoms with Crippen molar-refractivity contribution in [3.8, 4) is 0 Å². The average Bonchev–Trinajstić information content (AvgIpc) is 3.15. The summed E-state index contributed by atoms with van der Waals surface area (Å²) in [5.41, 5.74) is 1.57. The summed E-state index contributed by atoms with van der Waals surface area (Å²) in [6.45, 7) is 1.76. The second-order valence-corrected chi connectivity index (χ2v) is 7.92. The van der Waals surface area contributed by atoms with E-state index in [2.05, 4.69) is 4.90 Å². The summed E-state index contributed by atoms with van der Waals surface area (Å²) in [7, 11) is 1.33. The van der Waals surface area contributed by atoms with Gasteiger partial charge >= 0.3 is 5.97 Å². The Labute approximate surface area is 179 Å². The van der Waals surface area contributed by atoms with E-state index in [0.29, 0.717) is 59.5 Å². The number of carbonyl (C=O) groups excluding carboxylic acids is 2. The minimum atomic E-state index is -0.464. The number of likely N-dealkylation sites (tertiary alicyclic amines) is 1. The number of ether oxygens (including phenoxy) is 1. The van der Waals surface area contributed by atoms with Crippen molar-refractivity contribution in [1.82, 2.24) is 9.47 Å². The molecule has 0 N–H and O–H groups in total. The lowest BCUT2D eigenvalue weighted by molar-refractivity contribution is 0.0603. The molecule has 1 fully saturated rings. The molecule has 0 bridgehead atoms. The molecule has 0 amide bonds. The summed E-state index contributed by atoms with van der Waals surface area (Å²) >= 11 is 6.14. The molecular formula is C23H22ClFN2O3. The minimum Gasteiger partial charge on any atom is -0.465 e. The van der Waals surface area contributed by atoms with Crippen molar-refractivity contribution in [1.29, 1.82) is 0 Å². The molecule has 156 valence electrons. The molecule has 0 aliphatic carbocycles. The Kier molecular flexibility index (Phi) is 5.88. The molecule has 0 saturated carbocycles. The third-order valence-electron chi connectivity index (χ3n) is 5.73. The Balaban J connectivity index is 1.49. The first kappa shape index (κ1) is 20.6. The van der Waals surface area contributed by atoms with Crippen molar-refractivity contribution in [2.24, 2.45) is 5.92 Å². The lowest BCUT2D eigenvalue weighted by atomic mass is 9.95. The van der Waals surface area contributed by atoms with Gasteiger partial charge in [0.15, 0.2) is 0 Å². The van der Waals surface area contributed by atoms with Crippen LogP contribution < -0.4 is 0 Å². The maximum absolute atomic E-state index is 14.1. The maximum Gasteiger partial charge on any atom is 0.340 e. The van der Waals surface area contributed by atoms with E-state index in [4.69, 9.17) is 16.3 Å². The normalized spacial score (nSPS) is 15.4. The van der Waals surface area contributed by atoms with Crippen LogP contribution in [-0.2, 0) is 11.3 Å². The molecule has 0 unspecified atom stereocenters. The number of rotatable bonds is 4. The number of fused-ring (bicyclic) bond motifs is 1. The van der Waals surface area contributed by atoms with E-state index in [1.54, 1.807) is 22.9 Å². The van der Waals surface area contributed by atoms with Gasteiger partial charge in [0.1, 0.15) is 5.82 Å². The van der Waals surface area contributed by atoms with Crippen molar-refractivity contribution >= 4 is 34.4 Å². The number of hydrogen-bond donors (Lipinski definition) is 0. The molecule has 3 aromatic rings. The number of methoxy groups -OCH3 is 1. The average molecular weight is 429 g/mol.